The predicted octanol–water partition coefficient (Wildman–Crippen LogP) is 0.129. The van der Waals surface area contributed by atoms with E-state index in [0.29, 0.717) is 19.5 Å². The second-order valence-corrected chi connectivity index (χ2v) is 7.03. The number of sulfonamides is 1. The third kappa shape index (κ3) is 4.21. The van der Waals surface area contributed by atoms with Crippen molar-refractivity contribution < 1.29 is 8.42 Å². The number of hydrogen-bond acceptors (Lipinski definition) is 4. The van der Waals surface area contributed by atoms with E-state index in [9.17, 15) is 8.42 Å². The van der Waals surface area contributed by atoms with E-state index in [1.807, 2.05) is 14.1 Å². The van der Waals surface area contributed by atoms with Gasteiger partial charge in [-0.15, -0.1) is 0 Å². The number of nitrogens with one attached hydrogen (secondary N) is 1. The molecule has 0 heterocycles. The largest absolute Gasteiger partial charge is 0.330 e. The smallest absolute Gasteiger partial charge is 0.211 e. The molecule has 0 spiro atoms. The number of rotatable bonds is 7. The standard InChI is InChI=1S/C11H25N3O2S/c1-14(2)11(6-3-4-7-11)10-13-17(15,16)9-5-8-12/h13H,3-10,12H2,1-2H3. The van der Waals surface area contributed by atoms with Crippen LogP contribution in [0.3, 0.4) is 0 Å². The van der Waals surface area contributed by atoms with Gasteiger partial charge in [0.2, 0.25) is 10.0 Å². The highest BCUT2D eigenvalue weighted by Gasteiger charge is 2.36. The van der Waals surface area contributed by atoms with Crippen molar-refractivity contribution >= 4 is 10.0 Å². The molecule has 0 aromatic carbocycles. The van der Waals surface area contributed by atoms with Gasteiger partial charge >= 0.3 is 0 Å². The maximum Gasteiger partial charge on any atom is 0.211 e. The molecule has 1 saturated carbocycles. The summed E-state index contributed by atoms with van der Waals surface area (Å²) in [6.07, 6.45) is 5.02. The van der Waals surface area contributed by atoms with Gasteiger partial charge in [0, 0.05) is 12.1 Å². The van der Waals surface area contributed by atoms with Gasteiger partial charge in [0.15, 0.2) is 0 Å². The summed E-state index contributed by atoms with van der Waals surface area (Å²) in [6, 6.07) is 0. The minimum atomic E-state index is -3.16. The molecule has 102 valence electrons. The molecular weight excluding hydrogens is 238 g/mol. The van der Waals surface area contributed by atoms with Gasteiger partial charge in [-0.3, -0.25) is 0 Å². The molecule has 1 aliphatic carbocycles. The summed E-state index contributed by atoms with van der Waals surface area (Å²) >= 11 is 0. The first kappa shape index (κ1) is 14.9. The predicted molar refractivity (Wildman–Crippen MR) is 70.3 cm³/mol. The maximum atomic E-state index is 11.7. The zero-order valence-corrected chi connectivity index (χ0v) is 11.7. The fourth-order valence-corrected chi connectivity index (χ4v) is 3.58. The minimum Gasteiger partial charge on any atom is -0.330 e. The summed E-state index contributed by atoms with van der Waals surface area (Å²) in [4.78, 5) is 2.16. The Morgan fingerprint density at radius 2 is 1.88 bits per heavy atom. The molecule has 1 aliphatic rings. The monoisotopic (exact) mass is 263 g/mol. The van der Waals surface area contributed by atoms with Gasteiger partial charge in [0.05, 0.1) is 5.75 Å². The van der Waals surface area contributed by atoms with Crippen LogP contribution in [-0.4, -0.2) is 51.8 Å². The molecule has 0 radical (unpaired) electrons. The van der Waals surface area contributed by atoms with Gasteiger partial charge in [0.25, 0.3) is 0 Å². The highest BCUT2D eigenvalue weighted by atomic mass is 32.2. The van der Waals surface area contributed by atoms with Crippen molar-refractivity contribution in [3.63, 3.8) is 0 Å². The summed E-state index contributed by atoms with van der Waals surface area (Å²) in [7, 11) is 0.895. The molecule has 0 atom stereocenters. The molecule has 17 heavy (non-hydrogen) atoms. The van der Waals surface area contributed by atoms with E-state index in [2.05, 4.69) is 9.62 Å². The number of likely N-dealkylation sites (N-methyl/N-ethyl adjacent to an activating group) is 1. The molecule has 0 unspecified atom stereocenters. The van der Waals surface area contributed by atoms with E-state index >= 15 is 0 Å². The van der Waals surface area contributed by atoms with Gasteiger partial charge < -0.3 is 10.6 Å². The van der Waals surface area contributed by atoms with Crippen LogP contribution < -0.4 is 10.5 Å². The molecule has 0 saturated heterocycles. The lowest BCUT2D eigenvalue weighted by Crippen LogP contribution is -2.51. The first-order valence-corrected chi connectivity index (χ1v) is 7.92. The molecule has 5 nitrogen and oxygen atoms in total. The van der Waals surface area contributed by atoms with Crippen molar-refractivity contribution in [2.45, 2.75) is 37.6 Å². The van der Waals surface area contributed by atoms with Gasteiger partial charge in [-0.1, -0.05) is 12.8 Å². The van der Waals surface area contributed by atoms with Crippen LogP contribution >= 0.6 is 0 Å². The molecule has 0 amide bonds. The van der Waals surface area contributed by atoms with Crippen molar-refractivity contribution in [2.75, 3.05) is 32.9 Å². The molecule has 3 N–H and O–H groups in total. The lowest BCUT2D eigenvalue weighted by molar-refractivity contribution is 0.162. The Morgan fingerprint density at radius 3 is 2.35 bits per heavy atom. The van der Waals surface area contributed by atoms with Crippen molar-refractivity contribution in [2.24, 2.45) is 5.73 Å². The van der Waals surface area contributed by atoms with Crippen LogP contribution in [0.25, 0.3) is 0 Å². The molecule has 1 fully saturated rings. The van der Waals surface area contributed by atoms with Crippen LogP contribution in [0.1, 0.15) is 32.1 Å². The molecule has 0 aromatic heterocycles. The second-order valence-electron chi connectivity index (χ2n) is 5.11. The highest BCUT2D eigenvalue weighted by Crippen LogP contribution is 2.33. The van der Waals surface area contributed by atoms with Crippen LogP contribution in [0, 0.1) is 0 Å². The first-order valence-electron chi connectivity index (χ1n) is 6.27. The third-order valence-corrected chi connectivity index (χ3v) is 5.13. The van der Waals surface area contributed by atoms with Crippen LogP contribution in [0.2, 0.25) is 0 Å². The lowest BCUT2D eigenvalue weighted by Gasteiger charge is -2.36. The van der Waals surface area contributed by atoms with E-state index in [4.69, 9.17) is 5.73 Å². The average molecular weight is 263 g/mol. The summed E-state index contributed by atoms with van der Waals surface area (Å²) in [6.45, 7) is 0.937. The van der Waals surface area contributed by atoms with Crippen LogP contribution in [0.15, 0.2) is 0 Å². The van der Waals surface area contributed by atoms with Crippen molar-refractivity contribution in [3.8, 4) is 0 Å². The quantitative estimate of drug-likeness (QED) is 0.684. The molecule has 1 rings (SSSR count). The summed E-state index contributed by atoms with van der Waals surface area (Å²) in [5.41, 5.74) is 5.34. The van der Waals surface area contributed by atoms with Crippen LogP contribution in [0.5, 0.6) is 0 Å². The average Bonchev–Trinajstić information content (AvgIpc) is 2.74. The fraction of sp³-hybridized carbons (Fsp3) is 1.00. The fourth-order valence-electron chi connectivity index (χ4n) is 2.41. The number of nitrogens with two attached hydrogens (primary N) is 1. The van der Waals surface area contributed by atoms with E-state index in [0.717, 1.165) is 12.8 Å². The van der Waals surface area contributed by atoms with Crippen molar-refractivity contribution in [1.29, 1.82) is 0 Å². The number of nitrogens with zero attached hydrogens (tertiary/aromatic N) is 1. The van der Waals surface area contributed by atoms with E-state index in [1.165, 1.54) is 12.8 Å². The molecule has 0 bridgehead atoms. The van der Waals surface area contributed by atoms with Crippen molar-refractivity contribution in [3.05, 3.63) is 0 Å². The van der Waals surface area contributed by atoms with Crippen molar-refractivity contribution in [1.82, 2.24) is 9.62 Å². The van der Waals surface area contributed by atoms with Gasteiger partial charge in [-0.25, -0.2) is 13.1 Å². The normalized spacial score (nSPS) is 20.0. The van der Waals surface area contributed by atoms with Crippen LogP contribution in [-0.2, 0) is 10.0 Å². The van der Waals surface area contributed by atoms with E-state index in [-0.39, 0.29) is 11.3 Å². The Kier molecular flexibility index (Phi) is 5.37. The second kappa shape index (κ2) is 6.13. The van der Waals surface area contributed by atoms with Gasteiger partial charge in [0.1, 0.15) is 0 Å². The molecular formula is C11H25N3O2S. The Balaban J connectivity index is 2.53. The van der Waals surface area contributed by atoms with Gasteiger partial charge in [-0.05, 0) is 39.9 Å². The van der Waals surface area contributed by atoms with E-state index in [1.54, 1.807) is 0 Å². The Labute approximate surface area is 105 Å². The first-order chi connectivity index (χ1) is 7.92. The summed E-state index contributed by atoms with van der Waals surface area (Å²) in [5, 5.41) is 0. The minimum absolute atomic E-state index is 0.00971. The zero-order chi connectivity index (χ0) is 12.9. The Morgan fingerprint density at radius 1 is 1.29 bits per heavy atom. The Hall–Kier alpha value is -0.170. The number of hydrogen-bond donors (Lipinski definition) is 2. The van der Waals surface area contributed by atoms with E-state index < -0.39 is 10.0 Å². The third-order valence-electron chi connectivity index (χ3n) is 3.72. The maximum absolute atomic E-state index is 11.7. The summed E-state index contributed by atoms with van der Waals surface area (Å²) in [5.74, 6) is 0.132. The lowest BCUT2D eigenvalue weighted by atomic mass is 9.97. The topological polar surface area (TPSA) is 75.4 Å². The summed E-state index contributed by atoms with van der Waals surface area (Å²) < 4.78 is 26.2. The van der Waals surface area contributed by atoms with Gasteiger partial charge in [-0.2, -0.15) is 0 Å². The highest BCUT2D eigenvalue weighted by molar-refractivity contribution is 7.89. The SMILES string of the molecule is CN(C)C1(CNS(=O)(=O)CCCN)CCCC1. The Bertz CT molecular complexity index is 322. The molecule has 0 aliphatic heterocycles. The van der Waals surface area contributed by atoms with Crippen LogP contribution in [0.4, 0.5) is 0 Å². The molecule has 6 heteroatoms. The zero-order valence-electron chi connectivity index (χ0n) is 10.9. The molecule has 0 aromatic rings.